The van der Waals surface area contributed by atoms with E-state index in [0.29, 0.717) is 12.0 Å². The molecule has 0 atom stereocenters. The number of rotatable bonds is 7. The lowest BCUT2D eigenvalue weighted by molar-refractivity contribution is -0.116. The zero-order valence-electron chi connectivity index (χ0n) is 16.0. The van der Waals surface area contributed by atoms with Gasteiger partial charge in [-0.25, -0.2) is 0 Å². The van der Waals surface area contributed by atoms with Crippen LogP contribution >= 0.6 is 28.1 Å². The fourth-order valence-electron chi connectivity index (χ4n) is 2.52. The van der Waals surface area contributed by atoms with Crippen LogP contribution in [0, 0.1) is 6.92 Å². The minimum Gasteiger partial charge on any atom is -0.332 e. The van der Waals surface area contributed by atoms with Crippen LogP contribution in [0.15, 0.2) is 46.9 Å². The third-order valence-electron chi connectivity index (χ3n) is 4.08. The third kappa shape index (κ3) is 7.05. The number of thiocarbonyl (C=S) groups is 1. The van der Waals surface area contributed by atoms with Gasteiger partial charge in [-0.1, -0.05) is 35.7 Å². The molecular formula is C21H24BrN3O2S. The van der Waals surface area contributed by atoms with Crippen molar-refractivity contribution in [3.8, 4) is 0 Å². The van der Waals surface area contributed by atoms with Crippen molar-refractivity contribution in [2.24, 2.45) is 0 Å². The highest BCUT2D eigenvalue weighted by molar-refractivity contribution is 9.10. The molecule has 0 aromatic heterocycles. The van der Waals surface area contributed by atoms with Crippen molar-refractivity contribution in [2.45, 2.75) is 39.5 Å². The van der Waals surface area contributed by atoms with Crippen LogP contribution in [0.1, 0.15) is 48.5 Å². The van der Waals surface area contributed by atoms with E-state index in [1.807, 2.05) is 13.0 Å². The first-order chi connectivity index (χ1) is 13.4. The molecular weight excluding hydrogens is 438 g/mol. The highest BCUT2D eigenvalue weighted by Crippen LogP contribution is 2.17. The summed E-state index contributed by atoms with van der Waals surface area (Å²) in [7, 11) is 0. The number of amides is 2. The van der Waals surface area contributed by atoms with E-state index in [-0.39, 0.29) is 16.9 Å². The number of hydrogen-bond acceptors (Lipinski definition) is 3. The number of anilines is 2. The van der Waals surface area contributed by atoms with Crippen molar-refractivity contribution in [3.05, 3.63) is 58.1 Å². The summed E-state index contributed by atoms with van der Waals surface area (Å²) in [5.41, 5.74) is 2.96. The van der Waals surface area contributed by atoms with Gasteiger partial charge < -0.3 is 10.6 Å². The van der Waals surface area contributed by atoms with Gasteiger partial charge in [0.1, 0.15) is 0 Å². The van der Waals surface area contributed by atoms with E-state index < -0.39 is 0 Å². The minimum absolute atomic E-state index is 0.0155. The molecule has 0 aliphatic rings. The van der Waals surface area contributed by atoms with Gasteiger partial charge in [-0.15, -0.1) is 0 Å². The van der Waals surface area contributed by atoms with Gasteiger partial charge in [0.2, 0.25) is 5.91 Å². The van der Waals surface area contributed by atoms with Gasteiger partial charge in [0.25, 0.3) is 5.91 Å². The van der Waals surface area contributed by atoms with Gasteiger partial charge in [0.05, 0.1) is 0 Å². The second-order valence-electron chi connectivity index (χ2n) is 6.45. The Balaban J connectivity index is 1.85. The molecule has 0 saturated heterocycles. The van der Waals surface area contributed by atoms with Crippen LogP contribution < -0.4 is 16.0 Å². The molecule has 5 nitrogen and oxygen atoms in total. The molecule has 0 unspecified atom stereocenters. The van der Waals surface area contributed by atoms with Crippen LogP contribution in [0.4, 0.5) is 11.4 Å². The maximum atomic E-state index is 12.3. The summed E-state index contributed by atoms with van der Waals surface area (Å²) in [4.78, 5) is 24.1. The van der Waals surface area contributed by atoms with Crippen LogP contribution in [0.25, 0.3) is 0 Å². The molecule has 0 bridgehead atoms. The van der Waals surface area contributed by atoms with Crippen LogP contribution in [0.2, 0.25) is 0 Å². The molecule has 28 heavy (non-hydrogen) atoms. The maximum absolute atomic E-state index is 12.3. The number of unbranched alkanes of at least 4 members (excludes halogenated alkanes) is 2. The van der Waals surface area contributed by atoms with Gasteiger partial charge in [-0.3, -0.25) is 14.9 Å². The molecule has 0 fully saturated rings. The Labute approximate surface area is 179 Å². The molecule has 148 valence electrons. The number of carbonyl (C=O) groups is 2. The van der Waals surface area contributed by atoms with Crippen LogP contribution in [0.5, 0.6) is 0 Å². The van der Waals surface area contributed by atoms with E-state index in [1.54, 1.807) is 36.4 Å². The molecule has 0 saturated carbocycles. The molecule has 2 amide bonds. The zero-order valence-corrected chi connectivity index (χ0v) is 18.4. The normalized spacial score (nSPS) is 10.2. The lowest BCUT2D eigenvalue weighted by atomic mass is 10.1. The molecule has 7 heteroatoms. The monoisotopic (exact) mass is 461 g/mol. The molecule has 0 heterocycles. The Morgan fingerprint density at radius 1 is 1.00 bits per heavy atom. The summed E-state index contributed by atoms with van der Waals surface area (Å²) in [6, 6.07) is 12.5. The molecule has 0 spiro atoms. The molecule has 2 rings (SSSR count). The van der Waals surface area contributed by atoms with Crippen molar-refractivity contribution >= 4 is 56.4 Å². The van der Waals surface area contributed by atoms with E-state index in [2.05, 4.69) is 38.8 Å². The average molecular weight is 462 g/mol. The zero-order chi connectivity index (χ0) is 20.5. The Bertz CT molecular complexity index is 853. The second-order valence-corrected chi connectivity index (χ2v) is 7.72. The SMILES string of the molecule is CCCCCC(=O)Nc1ccc(NC(=S)NC(=O)c2ccc(Br)c(C)c2)cc1. The summed E-state index contributed by atoms with van der Waals surface area (Å²) in [5, 5.41) is 8.71. The summed E-state index contributed by atoms with van der Waals surface area (Å²) < 4.78 is 0.947. The number of carbonyl (C=O) groups excluding carboxylic acids is 2. The van der Waals surface area contributed by atoms with Gasteiger partial charge in [0, 0.05) is 27.8 Å². The minimum atomic E-state index is -0.274. The predicted octanol–water partition coefficient (Wildman–Crippen LogP) is 5.40. The molecule has 2 aromatic rings. The van der Waals surface area contributed by atoms with E-state index in [9.17, 15) is 9.59 Å². The number of aryl methyl sites for hydroxylation is 1. The van der Waals surface area contributed by atoms with E-state index >= 15 is 0 Å². The van der Waals surface area contributed by atoms with Crippen molar-refractivity contribution in [3.63, 3.8) is 0 Å². The van der Waals surface area contributed by atoms with Gasteiger partial charge >= 0.3 is 0 Å². The first kappa shape index (κ1) is 22.0. The third-order valence-corrected chi connectivity index (χ3v) is 5.17. The lowest BCUT2D eigenvalue weighted by Crippen LogP contribution is -2.34. The summed E-state index contributed by atoms with van der Waals surface area (Å²) in [6.45, 7) is 4.03. The van der Waals surface area contributed by atoms with E-state index in [0.717, 1.165) is 40.7 Å². The predicted molar refractivity (Wildman–Crippen MR) is 122 cm³/mol. The number of halogens is 1. The van der Waals surface area contributed by atoms with Gasteiger partial charge in [-0.2, -0.15) is 0 Å². The topological polar surface area (TPSA) is 70.2 Å². The summed E-state index contributed by atoms with van der Waals surface area (Å²) in [6.07, 6.45) is 3.57. The maximum Gasteiger partial charge on any atom is 0.257 e. The summed E-state index contributed by atoms with van der Waals surface area (Å²) >= 11 is 8.62. The Morgan fingerprint density at radius 3 is 2.25 bits per heavy atom. The number of nitrogens with one attached hydrogen (secondary N) is 3. The highest BCUT2D eigenvalue weighted by Gasteiger charge is 2.09. The van der Waals surface area contributed by atoms with E-state index in [1.165, 1.54) is 0 Å². The fourth-order valence-corrected chi connectivity index (χ4v) is 2.98. The standard InChI is InChI=1S/C21H24BrN3O2S/c1-3-4-5-6-19(26)23-16-8-10-17(11-9-16)24-21(28)25-20(27)15-7-12-18(22)14(2)13-15/h7-13H,3-6H2,1-2H3,(H,23,26)(H2,24,25,27,28). The Kier molecular flexibility index (Phi) is 8.60. The van der Waals surface area contributed by atoms with Gasteiger partial charge in [-0.05, 0) is 73.6 Å². The van der Waals surface area contributed by atoms with Crippen LogP contribution in [-0.2, 0) is 4.79 Å². The smallest absolute Gasteiger partial charge is 0.257 e. The average Bonchev–Trinajstić information content (AvgIpc) is 2.65. The number of benzene rings is 2. The Hall–Kier alpha value is -2.25. The molecule has 0 radical (unpaired) electrons. The highest BCUT2D eigenvalue weighted by atomic mass is 79.9. The molecule has 2 aromatic carbocycles. The first-order valence-corrected chi connectivity index (χ1v) is 10.4. The molecule has 3 N–H and O–H groups in total. The molecule has 0 aliphatic carbocycles. The molecule has 0 aliphatic heterocycles. The first-order valence-electron chi connectivity index (χ1n) is 9.17. The van der Waals surface area contributed by atoms with E-state index in [4.69, 9.17) is 12.2 Å². The summed E-state index contributed by atoms with van der Waals surface area (Å²) in [5.74, 6) is -0.259. The van der Waals surface area contributed by atoms with Crippen molar-refractivity contribution in [1.82, 2.24) is 5.32 Å². The van der Waals surface area contributed by atoms with Crippen LogP contribution in [-0.4, -0.2) is 16.9 Å². The number of hydrogen-bond donors (Lipinski definition) is 3. The second kappa shape index (κ2) is 10.9. The fraction of sp³-hybridized carbons (Fsp3) is 0.286. The van der Waals surface area contributed by atoms with Crippen LogP contribution in [0.3, 0.4) is 0 Å². The van der Waals surface area contributed by atoms with Gasteiger partial charge in [0.15, 0.2) is 5.11 Å². The quantitative estimate of drug-likeness (QED) is 0.381. The van der Waals surface area contributed by atoms with Crippen molar-refractivity contribution in [1.29, 1.82) is 0 Å². The van der Waals surface area contributed by atoms with Crippen molar-refractivity contribution < 1.29 is 9.59 Å². The Morgan fingerprint density at radius 2 is 1.64 bits per heavy atom. The van der Waals surface area contributed by atoms with Crippen molar-refractivity contribution in [2.75, 3.05) is 10.6 Å². The lowest BCUT2D eigenvalue weighted by Gasteiger charge is -2.11. The largest absolute Gasteiger partial charge is 0.332 e.